The van der Waals surface area contributed by atoms with Gasteiger partial charge in [0.05, 0.1) is 0 Å². The van der Waals surface area contributed by atoms with E-state index in [9.17, 15) is 17.6 Å². The minimum atomic E-state index is -3.98. The van der Waals surface area contributed by atoms with E-state index in [1.165, 1.54) is 10.4 Å². The minimum absolute atomic E-state index is 0.108. The van der Waals surface area contributed by atoms with Gasteiger partial charge in [-0.25, -0.2) is 12.8 Å². The third-order valence-electron chi connectivity index (χ3n) is 5.20. The van der Waals surface area contributed by atoms with Crippen LogP contribution in [0.15, 0.2) is 47.4 Å². The van der Waals surface area contributed by atoms with Gasteiger partial charge in [0.15, 0.2) is 0 Å². The maximum absolute atomic E-state index is 14.4. The molecule has 7 heteroatoms. The second-order valence-electron chi connectivity index (χ2n) is 7.20. The van der Waals surface area contributed by atoms with Crippen molar-refractivity contribution in [1.29, 1.82) is 0 Å². The van der Waals surface area contributed by atoms with Gasteiger partial charge in [-0.05, 0) is 55.0 Å². The zero-order chi connectivity index (χ0) is 20.3. The van der Waals surface area contributed by atoms with E-state index in [1.54, 1.807) is 6.07 Å². The average Bonchev–Trinajstić information content (AvgIpc) is 2.69. The van der Waals surface area contributed by atoms with Crippen LogP contribution in [0, 0.1) is 11.7 Å². The van der Waals surface area contributed by atoms with Crippen LogP contribution in [0.3, 0.4) is 0 Å². The van der Waals surface area contributed by atoms with E-state index in [1.807, 2.05) is 25.1 Å². The molecule has 1 aliphatic rings. The second-order valence-corrected chi connectivity index (χ2v) is 9.10. The van der Waals surface area contributed by atoms with E-state index in [2.05, 4.69) is 12.2 Å². The maximum atomic E-state index is 14.4. The number of hydrogen-bond donors (Lipinski definition) is 1. The smallest absolute Gasteiger partial charge is 0.255 e. The Labute approximate surface area is 165 Å². The summed E-state index contributed by atoms with van der Waals surface area (Å²) in [5.41, 5.74) is 1.73. The van der Waals surface area contributed by atoms with E-state index < -0.39 is 26.6 Å². The standard InChI is InChI=1S/C21H25FN2O3S/c1-3-16-6-4-5-7-19(16)23-21(25)17-8-9-18(22)20(14-17)28(26,27)24-12-10-15(2)11-13-24/h4-9,14-15H,3,10-13H2,1-2H3,(H,23,25). The highest BCUT2D eigenvalue weighted by Gasteiger charge is 2.31. The number of sulfonamides is 1. The fourth-order valence-corrected chi connectivity index (χ4v) is 4.91. The number of hydrogen-bond acceptors (Lipinski definition) is 3. The van der Waals surface area contributed by atoms with Crippen LogP contribution in [-0.4, -0.2) is 31.7 Å². The van der Waals surface area contributed by atoms with Crippen molar-refractivity contribution in [3.05, 3.63) is 59.4 Å². The number of para-hydroxylation sites is 1. The lowest BCUT2D eigenvalue weighted by Crippen LogP contribution is -2.38. The number of rotatable bonds is 5. The van der Waals surface area contributed by atoms with Crippen molar-refractivity contribution < 1.29 is 17.6 Å². The fourth-order valence-electron chi connectivity index (χ4n) is 3.35. The first-order valence-corrected chi connectivity index (χ1v) is 11.0. The molecule has 28 heavy (non-hydrogen) atoms. The molecular weight excluding hydrogens is 379 g/mol. The van der Waals surface area contributed by atoms with Gasteiger partial charge >= 0.3 is 0 Å². The van der Waals surface area contributed by atoms with Gasteiger partial charge in [0.25, 0.3) is 5.91 Å². The van der Waals surface area contributed by atoms with E-state index in [-0.39, 0.29) is 5.56 Å². The van der Waals surface area contributed by atoms with Gasteiger partial charge in [0.2, 0.25) is 10.0 Å². The van der Waals surface area contributed by atoms with Gasteiger partial charge < -0.3 is 5.32 Å². The molecule has 0 aromatic heterocycles. The summed E-state index contributed by atoms with van der Waals surface area (Å²) in [7, 11) is -3.98. The van der Waals surface area contributed by atoms with E-state index >= 15 is 0 Å². The number of carbonyl (C=O) groups is 1. The second kappa shape index (κ2) is 8.41. The van der Waals surface area contributed by atoms with Crippen molar-refractivity contribution in [1.82, 2.24) is 4.31 Å². The maximum Gasteiger partial charge on any atom is 0.255 e. The van der Waals surface area contributed by atoms with Crippen LogP contribution in [-0.2, 0) is 16.4 Å². The van der Waals surface area contributed by atoms with Crippen LogP contribution in [0.1, 0.15) is 42.6 Å². The molecule has 0 spiro atoms. The third-order valence-corrected chi connectivity index (χ3v) is 7.11. The number of piperidine rings is 1. The molecule has 1 aliphatic heterocycles. The van der Waals surface area contributed by atoms with Gasteiger partial charge in [-0.2, -0.15) is 4.31 Å². The van der Waals surface area contributed by atoms with Crippen LogP contribution in [0.4, 0.5) is 10.1 Å². The predicted molar refractivity (Wildman–Crippen MR) is 107 cm³/mol. The highest BCUT2D eigenvalue weighted by atomic mass is 32.2. The highest BCUT2D eigenvalue weighted by Crippen LogP contribution is 2.26. The molecule has 2 aromatic carbocycles. The molecule has 0 atom stereocenters. The number of nitrogens with zero attached hydrogens (tertiary/aromatic N) is 1. The topological polar surface area (TPSA) is 66.5 Å². The van der Waals surface area contributed by atoms with Gasteiger partial charge in [-0.3, -0.25) is 4.79 Å². The predicted octanol–water partition coefficient (Wildman–Crippen LogP) is 4.06. The van der Waals surface area contributed by atoms with Gasteiger partial charge in [0.1, 0.15) is 10.7 Å². The SMILES string of the molecule is CCc1ccccc1NC(=O)c1ccc(F)c(S(=O)(=O)N2CCC(C)CC2)c1. The summed E-state index contributed by atoms with van der Waals surface area (Å²) in [4.78, 5) is 12.2. The number of halogens is 1. The molecule has 1 fully saturated rings. The Hall–Kier alpha value is -2.25. The number of anilines is 1. The summed E-state index contributed by atoms with van der Waals surface area (Å²) in [5.74, 6) is -0.860. The molecular formula is C21H25FN2O3S. The summed E-state index contributed by atoms with van der Waals surface area (Å²) in [6, 6.07) is 10.9. The van der Waals surface area contributed by atoms with Crippen LogP contribution < -0.4 is 5.32 Å². The summed E-state index contributed by atoms with van der Waals surface area (Å²) < 4.78 is 41.5. The normalized spacial score (nSPS) is 16.1. The molecule has 0 unspecified atom stereocenters. The van der Waals surface area contributed by atoms with Crippen LogP contribution >= 0.6 is 0 Å². The monoisotopic (exact) mass is 404 g/mol. The molecule has 1 saturated heterocycles. The molecule has 5 nitrogen and oxygen atoms in total. The largest absolute Gasteiger partial charge is 0.322 e. The fraction of sp³-hybridized carbons (Fsp3) is 0.381. The van der Waals surface area contributed by atoms with Gasteiger partial charge in [-0.1, -0.05) is 32.0 Å². The summed E-state index contributed by atoms with van der Waals surface area (Å²) >= 11 is 0. The zero-order valence-corrected chi connectivity index (χ0v) is 16.9. The van der Waals surface area contributed by atoms with Crippen molar-refractivity contribution in [3.8, 4) is 0 Å². The molecule has 1 amide bonds. The summed E-state index contributed by atoms with van der Waals surface area (Å²) in [5, 5.41) is 2.79. The number of nitrogens with one attached hydrogen (secondary N) is 1. The molecule has 0 aliphatic carbocycles. The molecule has 3 rings (SSSR count). The number of amides is 1. The number of aryl methyl sites for hydroxylation is 1. The molecule has 0 saturated carbocycles. The van der Waals surface area contributed by atoms with Crippen molar-refractivity contribution in [2.45, 2.75) is 38.0 Å². The lowest BCUT2D eigenvalue weighted by Gasteiger charge is -2.29. The molecule has 1 heterocycles. The highest BCUT2D eigenvalue weighted by molar-refractivity contribution is 7.89. The summed E-state index contributed by atoms with van der Waals surface area (Å²) in [6.45, 7) is 4.78. The Morgan fingerprint density at radius 1 is 1.18 bits per heavy atom. The zero-order valence-electron chi connectivity index (χ0n) is 16.1. The molecule has 1 N–H and O–H groups in total. The Morgan fingerprint density at radius 3 is 2.54 bits per heavy atom. The van der Waals surface area contributed by atoms with Gasteiger partial charge in [0, 0.05) is 24.3 Å². The van der Waals surface area contributed by atoms with Crippen molar-refractivity contribution in [2.75, 3.05) is 18.4 Å². The summed E-state index contributed by atoms with van der Waals surface area (Å²) in [6.07, 6.45) is 2.23. The van der Waals surface area contributed by atoms with Crippen molar-refractivity contribution >= 4 is 21.6 Å². The van der Waals surface area contributed by atoms with Crippen LogP contribution in [0.5, 0.6) is 0 Å². The number of carbonyl (C=O) groups excluding carboxylic acids is 1. The van der Waals surface area contributed by atoms with Crippen LogP contribution in [0.2, 0.25) is 0 Å². The first-order valence-electron chi connectivity index (χ1n) is 9.52. The van der Waals surface area contributed by atoms with Crippen molar-refractivity contribution in [2.24, 2.45) is 5.92 Å². The molecule has 150 valence electrons. The first-order chi connectivity index (χ1) is 13.3. The van der Waals surface area contributed by atoms with E-state index in [0.29, 0.717) is 24.7 Å². The molecule has 0 radical (unpaired) electrons. The first kappa shape index (κ1) is 20.5. The Kier molecular flexibility index (Phi) is 6.15. The van der Waals surface area contributed by atoms with Crippen molar-refractivity contribution in [3.63, 3.8) is 0 Å². The lowest BCUT2D eigenvalue weighted by molar-refractivity contribution is 0.102. The Bertz CT molecular complexity index is 967. The lowest BCUT2D eigenvalue weighted by atomic mass is 10.0. The van der Waals surface area contributed by atoms with E-state index in [4.69, 9.17) is 0 Å². The van der Waals surface area contributed by atoms with Crippen LogP contribution in [0.25, 0.3) is 0 Å². The van der Waals surface area contributed by atoms with Gasteiger partial charge in [-0.15, -0.1) is 0 Å². The average molecular weight is 405 g/mol. The minimum Gasteiger partial charge on any atom is -0.322 e. The Morgan fingerprint density at radius 2 is 1.86 bits per heavy atom. The molecule has 0 bridgehead atoms. The Balaban J connectivity index is 1.87. The molecule has 2 aromatic rings. The quantitative estimate of drug-likeness (QED) is 0.817. The number of benzene rings is 2. The van der Waals surface area contributed by atoms with E-state index in [0.717, 1.165) is 37.0 Å². The third kappa shape index (κ3) is 4.25.